The van der Waals surface area contributed by atoms with Crippen molar-refractivity contribution in [1.29, 1.82) is 0 Å². The summed E-state index contributed by atoms with van der Waals surface area (Å²) in [5.74, 6) is -0.593. The van der Waals surface area contributed by atoms with Crippen LogP contribution in [0.4, 0.5) is 4.79 Å². The Hall–Kier alpha value is -2.10. The molecule has 0 heterocycles. The van der Waals surface area contributed by atoms with Gasteiger partial charge in [0, 0.05) is 0 Å². The molecular weight excluding hydrogens is 300 g/mol. The zero-order valence-electron chi connectivity index (χ0n) is 12.9. The standard InChI is InChI=1S/C12H22N2O8/c1-12(2,3)22-10(15)8-9(13)21-11(16)19-6-4-5-7-20-14(17)18/h9H,4-8,13H2,1-3H3. The zero-order valence-corrected chi connectivity index (χ0v) is 12.9. The second-order valence-corrected chi connectivity index (χ2v) is 5.31. The number of rotatable bonds is 9. The van der Waals surface area contributed by atoms with Gasteiger partial charge in [-0.3, -0.25) is 10.5 Å². The number of carbonyl (C=O) groups is 2. The van der Waals surface area contributed by atoms with Crippen molar-refractivity contribution >= 4 is 12.1 Å². The van der Waals surface area contributed by atoms with Crippen molar-refractivity contribution in [2.45, 2.75) is 51.9 Å². The van der Waals surface area contributed by atoms with Crippen molar-refractivity contribution in [2.75, 3.05) is 13.2 Å². The van der Waals surface area contributed by atoms with Gasteiger partial charge in [-0.05, 0) is 33.6 Å². The first kappa shape index (κ1) is 19.9. The summed E-state index contributed by atoms with van der Waals surface area (Å²) in [6.45, 7) is 5.03. The third-order valence-electron chi connectivity index (χ3n) is 1.99. The molecule has 128 valence electrons. The lowest BCUT2D eigenvalue weighted by Gasteiger charge is -2.20. The van der Waals surface area contributed by atoms with Crippen molar-refractivity contribution in [3.63, 3.8) is 0 Å². The molecule has 1 unspecified atom stereocenters. The van der Waals surface area contributed by atoms with Gasteiger partial charge in [0.1, 0.15) is 5.60 Å². The first-order valence-electron chi connectivity index (χ1n) is 6.68. The molecule has 0 rings (SSSR count). The van der Waals surface area contributed by atoms with Crippen LogP contribution in [0.1, 0.15) is 40.0 Å². The third kappa shape index (κ3) is 12.9. The van der Waals surface area contributed by atoms with Gasteiger partial charge in [-0.25, -0.2) is 4.79 Å². The Morgan fingerprint density at radius 2 is 1.82 bits per heavy atom. The van der Waals surface area contributed by atoms with E-state index < -0.39 is 29.0 Å². The summed E-state index contributed by atoms with van der Waals surface area (Å²) in [6.07, 6.45) is -1.77. The van der Waals surface area contributed by atoms with Crippen molar-refractivity contribution in [2.24, 2.45) is 5.73 Å². The maximum Gasteiger partial charge on any atom is 0.509 e. The predicted molar refractivity (Wildman–Crippen MR) is 73.1 cm³/mol. The molecule has 2 N–H and O–H groups in total. The molecular formula is C12H22N2O8. The zero-order chi connectivity index (χ0) is 17.2. The molecule has 22 heavy (non-hydrogen) atoms. The lowest BCUT2D eigenvalue weighted by molar-refractivity contribution is -0.757. The van der Waals surface area contributed by atoms with Crippen LogP contribution in [0, 0.1) is 10.1 Å². The maximum absolute atomic E-state index is 11.4. The summed E-state index contributed by atoms with van der Waals surface area (Å²) in [5, 5.41) is 8.96. The van der Waals surface area contributed by atoms with Gasteiger partial charge >= 0.3 is 12.1 Å². The molecule has 0 aromatic carbocycles. The molecule has 0 saturated carbocycles. The van der Waals surface area contributed by atoms with E-state index in [0.717, 1.165) is 0 Å². The summed E-state index contributed by atoms with van der Waals surface area (Å²) >= 11 is 0. The molecule has 10 heteroatoms. The fourth-order valence-corrected chi connectivity index (χ4v) is 1.25. The van der Waals surface area contributed by atoms with Gasteiger partial charge in [-0.1, -0.05) is 0 Å². The Morgan fingerprint density at radius 3 is 2.36 bits per heavy atom. The van der Waals surface area contributed by atoms with Crippen molar-refractivity contribution in [3.05, 3.63) is 10.1 Å². The van der Waals surface area contributed by atoms with E-state index in [4.69, 9.17) is 10.5 Å². The summed E-state index contributed by atoms with van der Waals surface area (Å²) in [7, 11) is 0. The van der Waals surface area contributed by atoms with Gasteiger partial charge in [-0.2, -0.15) is 0 Å². The molecule has 0 aromatic heterocycles. The predicted octanol–water partition coefficient (Wildman–Crippen LogP) is 1.14. The van der Waals surface area contributed by atoms with E-state index in [1.54, 1.807) is 20.8 Å². The summed E-state index contributed by atoms with van der Waals surface area (Å²) in [5.41, 5.74) is 4.81. The quantitative estimate of drug-likeness (QED) is 0.217. The molecule has 0 amide bonds. The van der Waals surface area contributed by atoms with Crippen LogP contribution in [-0.4, -0.2) is 42.3 Å². The Kier molecular flexibility index (Phi) is 8.83. The number of esters is 1. The van der Waals surface area contributed by atoms with E-state index in [9.17, 15) is 19.7 Å². The van der Waals surface area contributed by atoms with E-state index >= 15 is 0 Å². The highest BCUT2D eigenvalue weighted by Gasteiger charge is 2.21. The topological polar surface area (TPSA) is 140 Å². The molecule has 0 radical (unpaired) electrons. The highest BCUT2D eigenvalue weighted by Crippen LogP contribution is 2.09. The molecule has 0 aliphatic carbocycles. The van der Waals surface area contributed by atoms with Crippen LogP contribution in [0.3, 0.4) is 0 Å². The third-order valence-corrected chi connectivity index (χ3v) is 1.99. The van der Waals surface area contributed by atoms with Crippen LogP contribution >= 0.6 is 0 Å². The molecule has 0 spiro atoms. The molecule has 10 nitrogen and oxygen atoms in total. The average Bonchev–Trinajstić information content (AvgIpc) is 2.30. The second-order valence-electron chi connectivity index (χ2n) is 5.31. The molecule has 0 aromatic rings. The molecule has 0 fully saturated rings. The van der Waals surface area contributed by atoms with E-state index in [1.807, 2.05) is 0 Å². The van der Waals surface area contributed by atoms with Gasteiger partial charge < -0.3 is 19.0 Å². The van der Waals surface area contributed by atoms with Crippen LogP contribution < -0.4 is 5.73 Å². The Labute approximate surface area is 127 Å². The van der Waals surface area contributed by atoms with E-state index in [0.29, 0.717) is 12.8 Å². The van der Waals surface area contributed by atoms with Crippen molar-refractivity contribution in [3.8, 4) is 0 Å². The Morgan fingerprint density at radius 1 is 1.23 bits per heavy atom. The lowest BCUT2D eigenvalue weighted by atomic mass is 10.2. The van der Waals surface area contributed by atoms with Crippen molar-refractivity contribution in [1.82, 2.24) is 0 Å². The Balaban J connectivity index is 3.74. The van der Waals surface area contributed by atoms with Crippen molar-refractivity contribution < 1.29 is 33.7 Å². The summed E-state index contributed by atoms with van der Waals surface area (Å²) < 4.78 is 14.4. The van der Waals surface area contributed by atoms with E-state index in [-0.39, 0.29) is 19.6 Å². The number of nitrogens with two attached hydrogens (primary N) is 1. The average molecular weight is 322 g/mol. The van der Waals surface area contributed by atoms with E-state index in [1.165, 1.54) is 0 Å². The minimum absolute atomic E-state index is 0.000927. The van der Waals surface area contributed by atoms with Crippen LogP contribution in [-0.2, 0) is 23.8 Å². The normalized spacial score (nSPS) is 12.2. The van der Waals surface area contributed by atoms with E-state index in [2.05, 4.69) is 14.3 Å². The molecule has 0 bridgehead atoms. The highest BCUT2D eigenvalue weighted by molar-refractivity contribution is 5.71. The number of unbranched alkanes of at least 4 members (excludes halogenated alkanes) is 1. The molecule has 0 saturated heterocycles. The highest BCUT2D eigenvalue weighted by atomic mass is 16.9. The fraction of sp³-hybridized carbons (Fsp3) is 0.833. The fourth-order valence-electron chi connectivity index (χ4n) is 1.25. The van der Waals surface area contributed by atoms with Gasteiger partial charge in [0.2, 0.25) is 0 Å². The molecule has 0 aliphatic rings. The first-order valence-corrected chi connectivity index (χ1v) is 6.68. The minimum atomic E-state index is -1.17. The van der Waals surface area contributed by atoms with Gasteiger partial charge in [0.25, 0.3) is 5.09 Å². The largest absolute Gasteiger partial charge is 0.509 e. The number of carbonyl (C=O) groups excluding carboxylic acids is 2. The molecule has 0 aliphatic heterocycles. The van der Waals surface area contributed by atoms with Gasteiger partial charge in [0.15, 0.2) is 6.23 Å². The van der Waals surface area contributed by atoms with Crippen LogP contribution in [0.5, 0.6) is 0 Å². The van der Waals surface area contributed by atoms with Crippen LogP contribution in [0.2, 0.25) is 0 Å². The minimum Gasteiger partial charge on any atom is -0.460 e. The number of ether oxygens (including phenoxy) is 3. The number of hydrogen-bond acceptors (Lipinski definition) is 9. The van der Waals surface area contributed by atoms with Crippen LogP contribution in [0.15, 0.2) is 0 Å². The SMILES string of the molecule is CC(C)(C)OC(=O)CC(N)OC(=O)OCCCCO[N+](=O)[O-]. The molecule has 1 atom stereocenters. The van der Waals surface area contributed by atoms with Crippen LogP contribution in [0.25, 0.3) is 0 Å². The number of hydrogen-bond donors (Lipinski definition) is 1. The second kappa shape index (κ2) is 9.77. The monoisotopic (exact) mass is 322 g/mol. The Bertz CT molecular complexity index is 380. The van der Waals surface area contributed by atoms with Gasteiger partial charge in [0.05, 0.1) is 19.6 Å². The maximum atomic E-state index is 11.4. The van der Waals surface area contributed by atoms with Gasteiger partial charge in [-0.15, -0.1) is 10.1 Å². The summed E-state index contributed by atoms with van der Waals surface area (Å²) in [4.78, 5) is 36.6. The summed E-state index contributed by atoms with van der Waals surface area (Å²) in [6, 6.07) is 0. The number of nitrogens with zero attached hydrogens (tertiary/aromatic N) is 1. The first-order chi connectivity index (χ1) is 10.1. The lowest BCUT2D eigenvalue weighted by Crippen LogP contribution is -2.33. The smallest absolute Gasteiger partial charge is 0.460 e.